The van der Waals surface area contributed by atoms with E-state index in [0.29, 0.717) is 5.69 Å². The Hall–Kier alpha value is -1.03. The number of nitrogens with one attached hydrogen (secondary N) is 1. The molecule has 2 rings (SSSR count). The van der Waals surface area contributed by atoms with Gasteiger partial charge in [-0.25, -0.2) is 8.42 Å². The fourth-order valence-corrected chi connectivity index (χ4v) is 2.86. The minimum absolute atomic E-state index is 0.164. The third kappa shape index (κ3) is 2.50. The molecule has 0 aliphatic heterocycles. The maximum Gasteiger partial charge on any atom is 0.235 e. The molecule has 1 aromatic carbocycles. The van der Waals surface area contributed by atoms with Crippen molar-refractivity contribution in [3.05, 3.63) is 29.8 Å². The normalized spacial score (nSPS) is 16.3. The van der Waals surface area contributed by atoms with E-state index in [-0.39, 0.29) is 5.25 Å². The molecular weight excluding hydrogens is 210 g/mol. The quantitative estimate of drug-likeness (QED) is 0.853. The van der Waals surface area contributed by atoms with Gasteiger partial charge >= 0.3 is 0 Å². The van der Waals surface area contributed by atoms with E-state index in [0.717, 1.165) is 24.8 Å². The van der Waals surface area contributed by atoms with E-state index in [9.17, 15) is 8.42 Å². The first-order valence-electron chi connectivity index (χ1n) is 5.22. The van der Waals surface area contributed by atoms with Gasteiger partial charge in [0, 0.05) is 5.69 Å². The van der Waals surface area contributed by atoms with Crippen molar-refractivity contribution in [1.82, 2.24) is 0 Å². The lowest BCUT2D eigenvalue weighted by molar-refractivity contribution is 0.600. The molecule has 0 amide bonds. The van der Waals surface area contributed by atoms with Crippen LogP contribution in [0.3, 0.4) is 0 Å². The minimum Gasteiger partial charge on any atom is -0.283 e. The van der Waals surface area contributed by atoms with Gasteiger partial charge in [0.1, 0.15) is 0 Å². The standard InChI is InChI=1S/C11H15NO2S/c1-2-9-4-3-5-10(8-9)12-15(13,14)11-6-7-11/h3-5,8,11-12H,2,6-7H2,1H3. The lowest BCUT2D eigenvalue weighted by Crippen LogP contribution is -2.17. The van der Waals surface area contributed by atoms with Crippen molar-refractivity contribution in [2.75, 3.05) is 4.72 Å². The SMILES string of the molecule is CCc1cccc(NS(=O)(=O)C2CC2)c1. The van der Waals surface area contributed by atoms with Gasteiger partial charge in [-0.15, -0.1) is 0 Å². The highest BCUT2D eigenvalue weighted by Gasteiger charge is 2.35. The van der Waals surface area contributed by atoms with Crippen LogP contribution in [0.5, 0.6) is 0 Å². The van der Waals surface area contributed by atoms with Crippen LogP contribution in [0, 0.1) is 0 Å². The fraction of sp³-hybridized carbons (Fsp3) is 0.455. The maximum absolute atomic E-state index is 11.7. The van der Waals surface area contributed by atoms with Crippen LogP contribution in [0.1, 0.15) is 25.3 Å². The summed E-state index contributed by atoms with van der Waals surface area (Å²) in [5.41, 5.74) is 1.83. The Labute approximate surface area is 90.6 Å². The molecule has 1 aliphatic carbocycles. The number of anilines is 1. The van der Waals surface area contributed by atoms with Gasteiger partial charge < -0.3 is 0 Å². The molecule has 1 aromatic rings. The van der Waals surface area contributed by atoms with Gasteiger partial charge in [-0.05, 0) is 37.0 Å². The second kappa shape index (κ2) is 3.85. The van der Waals surface area contributed by atoms with E-state index in [4.69, 9.17) is 0 Å². The van der Waals surface area contributed by atoms with Gasteiger partial charge in [-0.3, -0.25) is 4.72 Å². The molecule has 3 nitrogen and oxygen atoms in total. The van der Waals surface area contributed by atoms with E-state index in [1.54, 1.807) is 6.07 Å². The largest absolute Gasteiger partial charge is 0.283 e. The average Bonchev–Trinajstić information content (AvgIpc) is 3.00. The molecule has 4 heteroatoms. The fourth-order valence-electron chi connectivity index (χ4n) is 1.48. The molecule has 0 aromatic heterocycles. The second-order valence-corrected chi connectivity index (χ2v) is 5.86. The van der Waals surface area contributed by atoms with Crippen LogP contribution in [0.25, 0.3) is 0 Å². The summed E-state index contributed by atoms with van der Waals surface area (Å²) >= 11 is 0. The predicted octanol–water partition coefficient (Wildman–Crippen LogP) is 2.15. The topological polar surface area (TPSA) is 46.2 Å². The van der Waals surface area contributed by atoms with Crippen LogP contribution in [0.2, 0.25) is 0 Å². The summed E-state index contributed by atoms with van der Waals surface area (Å²) in [6.07, 6.45) is 2.50. The van der Waals surface area contributed by atoms with E-state index >= 15 is 0 Å². The highest BCUT2D eigenvalue weighted by molar-refractivity contribution is 7.93. The number of hydrogen-bond acceptors (Lipinski definition) is 2. The Kier molecular flexibility index (Phi) is 2.69. The van der Waals surface area contributed by atoms with Crippen molar-refractivity contribution in [2.45, 2.75) is 31.4 Å². The van der Waals surface area contributed by atoms with Gasteiger partial charge in [0.15, 0.2) is 0 Å². The van der Waals surface area contributed by atoms with Gasteiger partial charge in [0.05, 0.1) is 5.25 Å². The molecule has 0 bridgehead atoms. The van der Waals surface area contributed by atoms with E-state index in [1.165, 1.54) is 0 Å². The number of aryl methyl sites for hydroxylation is 1. The molecule has 1 N–H and O–H groups in total. The Bertz CT molecular complexity index is 449. The highest BCUT2D eigenvalue weighted by Crippen LogP contribution is 2.29. The molecule has 0 heterocycles. The molecule has 0 unspecified atom stereocenters. The molecular formula is C11H15NO2S. The second-order valence-electron chi connectivity index (χ2n) is 3.90. The molecule has 1 aliphatic rings. The van der Waals surface area contributed by atoms with E-state index < -0.39 is 10.0 Å². The first-order valence-corrected chi connectivity index (χ1v) is 6.77. The summed E-state index contributed by atoms with van der Waals surface area (Å²) in [5, 5.41) is -0.164. The van der Waals surface area contributed by atoms with Crippen LogP contribution >= 0.6 is 0 Å². The smallest absolute Gasteiger partial charge is 0.235 e. The lowest BCUT2D eigenvalue weighted by atomic mass is 10.1. The van der Waals surface area contributed by atoms with Crippen molar-refractivity contribution in [2.24, 2.45) is 0 Å². The van der Waals surface area contributed by atoms with E-state index in [1.807, 2.05) is 18.2 Å². The van der Waals surface area contributed by atoms with Gasteiger partial charge in [0.25, 0.3) is 0 Å². The first-order chi connectivity index (χ1) is 7.12. The lowest BCUT2D eigenvalue weighted by Gasteiger charge is -2.07. The number of hydrogen-bond donors (Lipinski definition) is 1. The summed E-state index contributed by atoms with van der Waals surface area (Å²) < 4.78 is 25.9. The molecule has 0 atom stereocenters. The van der Waals surface area contributed by atoms with Crippen molar-refractivity contribution in [3.63, 3.8) is 0 Å². The molecule has 1 saturated carbocycles. The van der Waals surface area contributed by atoms with Crippen molar-refractivity contribution >= 4 is 15.7 Å². The number of rotatable bonds is 4. The summed E-state index contributed by atoms with van der Waals surface area (Å²) in [6, 6.07) is 7.55. The summed E-state index contributed by atoms with van der Waals surface area (Å²) in [4.78, 5) is 0. The Balaban J connectivity index is 2.16. The Morgan fingerprint density at radius 2 is 2.13 bits per heavy atom. The van der Waals surface area contributed by atoms with Crippen molar-refractivity contribution in [3.8, 4) is 0 Å². The van der Waals surface area contributed by atoms with Gasteiger partial charge in [0.2, 0.25) is 10.0 Å². The number of benzene rings is 1. The summed E-state index contributed by atoms with van der Waals surface area (Å²) in [5.74, 6) is 0. The zero-order chi connectivity index (χ0) is 10.9. The summed E-state index contributed by atoms with van der Waals surface area (Å²) in [7, 11) is -3.12. The maximum atomic E-state index is 11.7. The van der Waals surface area contributed by atoms with Crippen molar-refractivity contribution in [1.29, 1.82) is 0 Å². The van der Waals surface area contributed by atoms with Crippen LogP contribution in [0.15, 0.2) is 24.3 Å². The Morgan fingerprint density at radius 1 is 1.40 bits per heavy atom. The minimum atomic E-state index is -3.12. The van der Waals surface area contributed by atoms with Crippen LogP contribution in [0.4, 0.5) is 5.69 Å². The van der Waals surface area contributed by atoms with E-state index in [2.05, 4.69) is 11.6 Å². The zero-order valence-corrected chi connectivity index (χ0v) is 9.55. The monoisotopic (exact) mass is 225 g/mol. The summed E-state index contributed by atoms with van der Waals surface area (Å²) in [6.45, 7) is 2.05. The van der Waals surface area contributed by atoms with Crippen LogP contribution in [-0.2, 0) is 16.4 Å². The third-order valence-electron chi connectivity index (χ3n) is 2.56. The number of sulfonamides is 1. The van der Waals surface area contributed by atoms with Crippen LogP contribution in [-0.4, -0.2) is 13.7 Å². The van der Waals surface area contributed by atoms with Crippen molar-refractivity contribution < 1.29 is 8.42 Å². The first kappa shape index (κ1) is 10.5. The van der Waals surface area contributed by atoms with Crippen LogP contribution < -0.4 is 4.72 Å². The Morgan fingerprint density at radius 3 is 2.73 bits per heavy atom. The molecule has 0 spiro atoms. The van der Waals surface area contributed by atoms with Gasteiger partial charge in [-0.1, -0.05) is 19.1 Å². The molecule has 15 heavy (non-hydrogen) atoms. The predicted molar refractivity (Wildman–Crippen MR) is 61.4 cm³/mol. The molecule has 1 fully saturated rings. The van der Waals surface area contributed by atoms with Gasteiger partial charge in [-0.2, -0.15) is 0 Å². The highest BCUT2D eigenvalue weighted by atomic mass is 32.2. The molecule has 0 saturated heterocycles. The third-order valence-corrected chi connectivity index (χ3v) is 4.43. The average molecular weight is 225 g/mol. The molecule has 0 radical (unpaired) electrons. The zero-order valence-electron chi connectivity index (χ0n) is 8.73. The molecule has 82 valence electrons.